The highest BCUT2D eigenvalue weighted by Gasteiger charge is 2.08. The lowest BCUT2D eigenvalue weighted by Gasteiger charge is -1.90. The zero-order chi connectivity index (χ0) is 7.56. The van der Waals surface area contributed by atoms with Crippen LogP contribution in [0, 0.1) is 0 Å². The van der Waals surface area contributed by atoms with Gasteiger partial charge in [-0.3, -0.25) is 4.79 Å². The highest BCUT2D eigenvalue weighted by molar-refractivity contribution is 7.98. The number of carbonyl (C=O) groups excluding carboxylic acids is 1. The van der Waals surface area contributed by atoms with Crippen molar-refractivity contribution in [2.45, 2.75) is 11.8 Å². The Morgan fingerprint density at radius 3 is 2.80 bits per heavy atom. The molecule has 0 bridgehead atoms. The third-order valence-corrected chi connectivity index (χ3v) is 1.93. The van der Waals surface area contributed by atoms with E-state index in [-0.39, 0.29) is 5.78 Å². The molecule has 3 heteroatoms. The normalized spacial score (nSPS) is 9.80. The Kier molecular flexibility index (Phi) is 2.17. The largest absolute Gasteiger partial charge is 0.460 e. The van der Waals surface area contributed by atoms with Crippen LogP contribution in [0.3, 0.4) is 0 Å². The Bertz CT molecular complexity index is 240. The van der Waals surface area contributed by atoms with Crippen molar-refractivity contribution in [1.82, 2.24) is 0 Å². The van der Waals surface area contributed by atoms with Crippen molar-refractivity contribution < 1.29 is 9.21 Å². The van der Waals surface area contributed by atoms with Crippen molar-refractivity contribution in [3.63, 3.8) is 0 Å². The minimum Gasteiger partial charge on any atom is -0.460 e. The molecular formula is C7H8O2S. The molecule has 0 fully saturated rings. The van der Waals surface area contributed by atoms with E-state index in [9.17, 15) is 4.79 Å². The second-order valence-corrected chi connectivity index (χ2v) is 2.72. The summed E-state index contributed by atoms with van der Waals surface area (Å²) in [6, 6.07) is 1.79. The number of furan rings is 1. The molecule has 0 amide bonds. The van der Waals surface area contributed by atoms with Gasteiger partial charge in [0.05, 0.1) is 11.2 Å². The molecule has 0 aromatic carbocycles. The van der Waals surface area contributed by atoms with E-state index < -0.39 is 0 Å². The minimum absolute atomic E-state index is 0.0191. The molecule has 0 spiro atoms. The van der Waals surface area contributed by atoms with Crippen molar-refractivity contribution in [3.05, 3.63) is 18.1 Å². The average molecular weight is 156 g/mol. The zero-order valence-corrected chi connectivity index (χ0v) is 6.70. The number of ketones is 1. The maximum atomic E-state index is 10.8. The molecule has 1 aromatic heterocycles. The summed E-state index contributed by atoms with van der Waals surface area (Å²) in [5.41, 5.74) is 0. The molecule has 0 radical (unpaired) electrons. The lowest BCUT2D eigenvalue weighted by molar-refractivity contribution is 0.0983. The first-order chi connectivity index (χ1) is 4.75. The van der Waals surface area contributed by atoms with Gasteiger partial charge in [0.25, 0.3) is 0 Å². The monoisotopic (exact) mass is 156 g/mol. The van der Waals surface area contributed by atoms with E-state index in [0.717, 1.165) is 4.90 Å². The van der Waals surface area contributed by atoms with Crippen LogP contribution in [0.2, 0.25) is 0 Å². The van der Waals surface area contributed by atoms with Crippen LogP contribution in [0.15, 0.2) is 21.6 Å². The predicted molar refractivity (Wildman–Crippen MR) is 40.5 cm³/mol. The van der Waals surface area contributed by atoms with Crippen LogP contribution in [0.5, 0.6) is 0 Å². The molecule has 0 unspecified atom stereocenters. The van der Waals surface area contributed by atoms with E-state index >= 15 is 0 Å². The maximum Gasteiger partial charge on any atom is 0.196 e. The summed E-state index contributed by atoms with van der Waals surface area (Å²) in [5, 5.41) is 0. The summed E-state index contributed by atoms with van der Waals surface area (Å²) in [6.07, 6.45) is 3.44. The van der Waals surface area contributed by atoms with Gasteiger partial charge in [-0.05, 0) is 12.3 Å². The second kappa shape index (κ2) is 2.92. The van der Waals surface area contributed by atoms with E-state index in [0.29, 0.717) is 5.76 Å². The summed E-state index contributed by atoms with van der Waals surface area (Å²) in [4.78, 5) is 11.7. The SMILES string of the molecule is CSc1ccoc1C(C)=O. The molecule has 1 rings (SSSR count). The molecule has 1 heterocycles. The van der Waals surface area contributed by atoms with Gasteiger partial charge in [0, 0.05) is 6.92 Å². The number of hydrogen-bond donors (Lipinski definition) is 0. The summed E-state index contributed by atoms with van der Waals surface area (Å²) in [6.45, 7) is 1.50. The van der Waals surface area contributed by atoms with Crippen molar-refractivity contribution >= 4 is 17.5 Å². The predicted octanol–water partition coefficient (Wildman–Crippen LogP) is 2.20. The molecule has 10 heavy (non-hydrogen) atoms. The molecule has 0 saturated heterocycles. The third-order valence-electron chi connectivity index (χ3n) is 1.17. The standard InChI is InChI=1S/C7H8O2S/c1-5(8)7-6(10-2)3-4-9-7/h3-4H,1-2H3. The van der Waals surface area contributed by atoms with Gasteiger partial charge >= 0.3 is 0 Å². The fourth-order valence-corrected chi connectivity index (χ4v) is 1.28. The first-order valence-electron chi connectivity index (χ1n) is 2.88. The summed E-state index contributed by atoms with van der Waals surface area (Å²) in [5.74, 6) is 0.446. The van der Waals surface area contributed by atoms with Gasteiger partial charge in [0.2, 0.25) is 0 Å². The van der Waals surface area contributed by atoms with Gasteiger partial charge in [0.15, 0.2) is 11.5 Å². The zero-order valence-electron chi connectivity index (χ0n) is 5.88. The van der Waals surface area contributed by atoms with Crippen LogP contribution >= 0.6 is 11.8 Å². The molecule has 0 aliphatic rings. The van der Waals surface area contributed by atoms with E-state index in [1.165, 1.54) is 24.9 Å². The van der Waals surface area contributed by atoms with Gasteiger partial charge in [-0.1, -0.05) is 0 Å². The highest BCUT2D eigenvalue weighted by Crippen LogP contribution is 2.21. The van der Waals surface area contributed by atoms with Crippen LogP contribution < -0.4 is 0 Å². The second-order valence-electron chi connectivity index (χ2n) is 1.87. The van der Waals surface area contributed by atoms with Crippen molar-refractivity contribution in [1.29, 1.82) is 0 Å². The molecule has 0 aliphatic heterocycles. The van der Waals surface area contributed by atoms with Gasteiger partial charge in [-0.2, -0.15) is 0 Å². The molecule has 0 N–H and O–H groups in total. The smallest absolute Gasteiger partial charge is 0.196 e. The lowest BCUT2D eigenvalue weighted by atomic mass is 10.3. The van der Waals surface area contributed by atoms with Gasteiger partial charge < -0.3 is 4.42 Å². The molecule has 0 aliphatic carbocycles. The molecule has 0 atom stereocenters. The molecule has 2 nitrogen and oxygen atoms in total. The molecule has 0 saturated carbocycles. The van der Waals surface area contributed by atoms with Gasteiger partial charge in [0.1, 0.15) is 0 Å². The Balaban J connectivity index is 3.01. The number of hydrogen-bond acceptors (Lipinski definition) is 3. The van der Waals surface area contributed by atoms with E-state index in [4.69, 9.17) is 4.42 Å². The number of Topliss-reactive ketones (excluding diaryl/α,β-unsaturated/α-hetero) is 1. The van der Waals surface area contributed by atoms with Crippen molar-refractivity contribution in [2.75, 3.05) is 6.26 Å². The lowest BCUT2D eigenvalue weighted by Crippen LogP contribution is -1.89. The Labute approximate surface area is 63.6 Å². The Morgan fingerprint density at radius 1 is 1.70 bits per heavy atom. The van der Waals surface area contributed by atoms with Crippen LogP contribution in [0.1, 0.15) is 17.5 Å². The fourth-order valence-electron chi connectivity index (χ4n) is 0.715. The first kappa shape index (κ1) is 7.41. The first-order valence-corrected chi connectivity index (χ1v) is 4.10. The van der Waals surface area contributed by atoms with E-state index in [1.807, 2.05) is 6.26 Å². The van der Waals surface area contributed by atoms with Crippen molar-refractivity contribution in [3.8, 4) is 0 Å². The van der Waals surface area contributed by atoms with Crippen molar-refractivity contribution in [2.24, 2.45) is 0 Å². The fraction of sp³-hybridized carbons (Fsp3) is 0.286. The topological polar surface area (TPSA) is 30.2 Å². The Hall–Kier alpha value is -0.700. The maximum absolute atomic E-state index is 10.8. The molecular weight excluding hydrogens is 148 g/mol. The van der Waals surface area contributed by atoms with E-state index in [1.54, 1.807) is 6.07 Å². The van der Waals surface area contributed by atoms with Gasteiger partial charge in [-0.25, -0.2) is 0 Å². The summed E-state index contributed by atoms with van der Waals surface area (Å²) in [7, 11) is 0. The van der Waals surface area contributed by atoms with Gasteiger partial charge in [-0.15, -0.1) is 11.8 Å². The summed E-state index contributed by atoms with van der Waals surface area (Å²) >= 11 is 1.52. The molecule has 1 aromatic rings. The Morgan fingerprint density at radius 2 is 2.40 bits per heavy atom. The van der Waals surface area contributed by atoms with Crippen LogP contribution in [0.4, 0.5) is 0 Å². The molecule has 54 valence electrons. The highest BCUT2D eigenvalue weighted by atomic mass is 32.2. The van der Waals surface area contributed by atoms with Crippen LogP contribution in [-0.2, 0) is 0 Å². The summed E-state index contributed by atoms with van der Waals surface area (Å²) < 4.78 is 4.95. The number of rotatable bonds is 2. The minimum atomic E-state index is -0.0191. The third kappa shape index (κ3) is 1.24. The number of carbonyl (C=O) groups is 1. The quantitative estimate of drug-likeness (QED) is 0.485. The van der Waals surface area contributed by atoms with E-state index in [2.05, 4.69) is 0 Å². The van der Waals surface area contributed by atoms with Crippen LogP contribution in [0.25, 0.3) is 0 Å². The number of thioether (sulfide) groups is 1. The average Bonchev–Trinajstić information content (AvgIpc) is 2.33. The van der Waals surface area contributed by atoms with Crippen LogP contribution in [-0.4, -0.2) is 12.0 Å².